The molecule has 1 atom stereocenters. The number of nitrogens with zero attached hydrogens (tertiary/aromatic N) is 1. The summed E-state index contributed by atoms with van der Waals surface area (Å²) in [5.74, 6) is 1.08. The Morgan fingerprint density at radius 2 is 2.05 bits per heavy atom. The summed E-state index contributed by atoms with van der Waals surface area (Å²) in [4.78, 5) is 13.7. The Bertz CT molecular complexity index is 485. The number of amides is 1. The maximum Gasteiger partial charge on any atom is 0.250 e. The van der Waals surface area contributed by atoms with Crippen molar-refractivity contribution in [1.82, 2.24) is 0 Å². The van der Waals surface area contributed by atoms with Crippen LogP contribution >= 0.6 is 0 Å². The van der Waals surface area contributed by atoms with Gasteiger partial charge in [0.2, 0.25) is 0 Å². The van der Waals surface area contributed by atoms with E-state index in [2.05, 4.69) is 18.7 Å². The highest BCUT2D eigenvalue weighted by molar-refractivity contribution is 5.99. The lowest BCUT2D eigenvalue weighted by Gasteiger charge is -2.24. The van der Waals surface area contributed by atoms with Gasteiger partial charge in [0.1, 0.15) is 0 Å². The second-order valence-electron chi connectivity index (χ2n) is 6.06. The molecule has 1 fully saturated rings. The molecule has 0 radical (unpaired) electrons. The minimum Gasteiger partial charge on any atom is -0.398 e. The largest absolute Gasteiger partial charge is 0.398 e. The Morgan fingerprint density at radius 3 is 2.70 bits per heavy atom. The lowest BCUT2D eigenvalue weighted by Crippen LogP contribution is -2.25. The van der Waals surface area contributed by atoms with Gasteiger partial charge in [-0.05, 0) is 49.3 Å². The minimum absolute atomic E-state index is 0.423. The molecule has 1 aliphatic heterocycles. The minimum atomic E-state index is -0.459. The van der Waals surface area contributed by atoms with Crippen molar-refractivity contribution in [3.8, 4) is 0 Å². The third-order valence-corrected chi connectivity index (χ3v) is 4.38. The van der Waals surface area contributed by atoms with Gasteiger partial charge in [0, 0.05) is 24.5 Å². The van der Waals surface area contributed by atoms with Crippen LogP contribution in [0.1, 0.15) is 43.5 Å². The van der Waals surface area contributed by atoms with E-state index in [1.165, 1.54) is 19.3 Å². The Labute approximate surface area is 121 Å². The molecular formula is C16H25N3O. The van der Waals surface area contributed by atoms with Crippen LogP contribution in [0.4, 0.5) is 11.4 Å². The van der Waals surface area contributed by atoms with Gasteiger partial charge in [-0.15, -0.1) is 0 Å². The van der Waals surface area contributed by atoms with Crippen LogP contribution in [0.5, 0.6) is 0 Å². The molecule has 110 valence electrons. The second-order valence-corrected chi connectivity index (χ2v) is 6.06. The summed E-state index contributed by atoms with van der Waals surface area (Å²) in [7, 11) is 0. The molecule has 1 aliphatic rings. The van der Waals surface area contributed by atoms with Gasteiger partial charge < -0.3 is 16.4 Å². The van der Waals surface area contributed by atoms with Gasteiger partial charge in [0.15, 0.2) is 0 Å². The van der Waals surface area contributed by atoms with Crippen molar-refractivity contribution in [2.75, 3.05) is 23.7 Å². The molecular weight excluding hydrogens is 250 g/mol. The molecule has 1 unspecified atom stereocenters. The lowest BCUT2D eigenvalue weighted by atomic mass is 9.89. The zero-order valence-electron chi connectivity index (χ0n) is 12.4. The Morgan fingerprint density at radius 1 is 1.30 bits per heavy atom. The van der Waals surface area contributed by atoms with Crippen molar-refractivity contribution in [2.45, 2.75) is 33.1 Å². The number of carbonyl (C=O) groups excluding carboxylic acids is 1. The summed E-state index contributed by atoms with van der Waals surface area (Å²) < 4.78 is 0. The number of hydrogen-bond donors (Lipinski definition) is 2. The second kappa shape index (κ2) is 6.16. The third-order valence-electron chi connectivity index (χ3n) is 4.38. The molecule has 2 rings (SSSR count). The molecule has 0 bridgehead atoms. The van der Waals surface area contributed by atoms with Crippen LogP contribution in [0.25, 0.3) is 0 Å². The molecule has 0 spiro atoms. The molecule has 1 saturated heterocycles. The third kappa shape index (κ3) is 3.24. The van der Waals surface area contributed by atoms with E-state index < -0.39 is 5.91 Å². The van der Waals surface area contributed by atoms with Crippen LogP contribution in [0.2, 0.25) is 0 Å². The fourth-order valence-corrected chi connectivity index (χ4v) is 3.00. The van der Waals surface area contributed by atoms with Crippen LogP contribution in [0.15, 0.2) is 18.2 Å². The van der Waals surface area contributed by atoms with Gasteiger partial charge in [0.05, 0.1) is 5.56 Å². The number of anilines is 2. The molecule has 1 aromatic carbocycles. The SMILES string of the molecule is CC(C)C1CCCN(c2ccc(N)c(C(N)=O)c2)CC1. The van der Waals surface area contributed by atoms with Gasteiger partial charge >= 0.3 is 0 Å². The molecule has 0 aliphatic carbocycles. The average molecular weight is 275 g/mol. The molecule has 1 amide bonds. The van der Waals surface area contributed by atoms with Crippen LogP contribution in [0, 0.1) is 11.8 Å². The highest BCUT2D eigenvalue weighted by Gasteiger charge is 2.20. The lowest BCUT2D eigenvalue weighted by molar-refractivity contribution is 0.100. The maximum atomic E-state index is 11.4. The zero-order valence-corrected chi connectivity index (χ0v) is 12.4. The number of rotatable bonds is 3. The summed E-state index contributed by atoms with van der Waals surface area (Å²) in [6.07, 6.45) is 3.68. The number of benzene rings is 1. The quantitative estimate of drug-likeness (QED) is 0.833. The predicted molar refractivity (Wildman–Crippen MR) is 83.8 cm³/mol. The van der Waals surface area contributed by atoms with E-state index in [9.17, 15) is 4.79 Å². The molecule has 20 heavy (non-hydrogen) atoms. The highest BCUT2D eigenvalue weighted by Crippen LogP contribution is 2.28. The molecule has 1 heterocycles. The summed E-state index contributed by atoms with van der Waals surface area (Å²) >= 11 is 0. The van der Waals surface area contributed by atoms with E-state index >= 15 is 0 Å². The number of carbonyl (C=O) groups is 1. The first-order valence-corrected chi connectivity index (χ1v) is 7.43. The van der Waals surface area contributed by atoms with Crippen molar-refractivity contribution in [2.24, 2.45) is 17.6 Å². The Balaban J connectivity index is 2.15. The van der Waals surface area contributed by atoms with Crippen LogP contribution in [-0.4, -0.2) is 19.0 Å². The van der Waals surface area contributed by atoms with Gasteiger partial charge in [-0.3, -0.25) is 4.79 Å². The van der Waals surface area contributed by atoms with Crippen molar-refractivity contribution in [3.05, 3.63) is 23.8 Å². The van der Waals surface area contributed by atoms with Gasteiger partial charge in [-0.25, -0.2) is 0 Å². The van der Waals surface area contributed by atoms with E-state index in [0.717, 1.165) is 30.6 Å². The number of nitrogen functional groups attached to an aromatic ring is 1. The smallest absolute Gasteiger partial charge is 0.250 e. The topological polar surface area (TPSA) is 72.3 Å². The summed E-state index contributed by atoms with van der Waals surface area (Å²) in [5, 5.41) is 0. The number of primary amides is 1. The summed E-state index contributed by atoms with van der Waals surface area (Å²) in [5.41, 5.74) is 13.1. The number of nitrogens with two attached hydrogens (primary N) is 2. The van der Waals surface area contributed by atoms with Crippen molar-refractivity contribution in [3.63, 3.8) is 0 Å². The van der Waals surface area contributed by atoms with E-state index in [0.29, 0.717) is 11.3 Å². The molecule has 0 aromatic heterocycles. The standard InChI is InChI=1S/C16H25N3O/c1-11(2)12-4-3-8-19(9-7-12)13-5-6-15(17)14(10-13)16(18)20/h5-6,10-12H,3-4,7-9,17H2,1-2H3,(H2,18,20). The van der Waals surface area contributed by atoms with Crippen molar-refractivity contribution in [1.29, 1.82) is 0 Å². The normalized spacial score (nSPS) is 19.9. The summed E-state index contributed by atoms with van der Waals surface area (Å²) in [6, 6.07) is 5.59. The number of hydrogen-bond acceptors (Lipinski definition) is 3. The Kier molecular flexibility index (Phi) is 4.53. The molecule has 0 saturated carbocycles. The Hall–Kier alpha value is -1.71. The molecule has 4 nitrogen and oxygen atoms in total. The molecule has 1 aromatic rings. The first-order valence-electron chi connectivity index (χ1n) is 7.43. The van der Waals surface area contributed by atoms with Gasteiger partial charge in [0.25, 0.3) is 5.91 Å². The van der Waals surface area contributed by atoms with Crippen LogP contribution in [-0.2, 0) is 0 Å². The average Bonchev–Trinajstić information content (AvgIpc) is 2.64. The van der Waals surface area contributed by atoms with Crippen LogP contribution in [0.3, 0.4) is 0 Å². The van der Waals surface area contributed by atoms with Crippen LogP contribution < -0.4 is 16.4 Å². The monoisotopic (exact) mass is 275 g/mol. The van der Waals surface area contributed by atoms with Crippen molar-refractivity contribution < 1.29 is 4.79 Å². The van der Waals surface area contributed by atoms with E-state index in [4.69, 9.17) is 11.5 Å². The highest BCUT2D eigenvalue weighted by atomic mass is 16.1. The molecule has 4 heteroatoms. The van der Waals surface area contributed by atoms with Gasteiger partial charge in [-0.1, -0.05) is 13.8 Å². The fourth-order valence-electron chi connectivity index (χ4n) is 3.00. The molecule has 4 N–H and O–H groups in total. The first kappa shape index (κ1) is 14.7. The predicted octanol–water partition coefficient (Wildman–Crippen LogP) is 2.63. The maximum absolute atomic E-state index is 11.4. The van der Waals surface area contributed by atoms with E-state index in [-0.39, 0.29) is 0 Å². The van der Waals surface area contributed by atoms with Crippen molar-refractivity contribution >= 4 is 17.3 Å². The van der Waals surface area contributed by atoms with E-state index in [1.807, 2.05) is 12.1 Å². The first-order chi connectivity index (χ1) is 9.49. The zero-order chi connectivity index (χ0) is 14.7. The van der Waals surface area contributed by atoms with Gasteiger partial charge in [-0.2, -0.15) is 0 Å². The summed E-state index contributed by atoms with van der Waals surface area (Å²) in [6.45, 7) is 6.67. The fraction of sp³-hybridized carbons (Fsp3) is 0.562. The van der Waals surface area contributed by atoms with E-state index in [1.54, 1.807) is 6.07 Å².